The van der Waals surface area contributed by atoms with E-state index in [4.69, 9.17) is 4.74 Å². The lowest BCUT2D eigenvalue weighted by molar-refractivity contribution is 0.0513. The van der Waals surface area contributed by atoms with E-state index in [9.17, 15) is 5.11 Å². The van der Waals surface area contributed by atoms with Gasteiger partial charge in [0.25, 0.3) is 0 Å². The fourth-order valence-electron chi connectivity index (χ4n) is 3.84. The Labute approximate surface area is 197 Å². The van der Waals surface area contributed by atoms with Gasteiger partial charge in [-0.25, -0.2) is 4.99 Å². The van der Waals surface area contributed by atoms with E-state index in [0.717, 1.165) is 50.7 Å². The Morgan fingerprint density at radius 2 is 1.63 bits per heavy atom. The van der Waals surface area contributed by atoms with Gasteiger partial charge in [-0.3, -0.25) is 0 Å². The largest absolute Gasteiger partial charge is 0.384 e. The van der Waals surface area contributed by atoms with Crippen molar-refractivity contribution in [1.29, 1.82) is 0 Å². The minimum Gasteiger partial charge on any atom is -0.384 e. The third-order valence-electron chi connectivity index (χ3n) is 5.72. The molecule has 1 heterocycles. The standard InChI is InChI=1S/C24H33N3O2.HI/c1-3-25-22(26-18-23(2,28)20-10-6-4-7-11-20)27-19-24(14-16-29-17-15-24)21-12-8-5-9-13-21;/h4-13,28H,3,14-19H2,1-2H3,(H2,25,26,27);1H. The average molecular weight is 523 g/mol. The Hall–Kier alpha value is -1.64. The number of halogens is 1. The van der Waals surface area contributed by atoms with Gasteiger partial charge in [0.05, 0.1) is 6.54 Å². The highest BCUT2D eigenvalue weighted by Crippen LogP contribution is 2.34. The van der Waals surface area contributed by atoms with Gasteiger partial charge in [-0.1, -0.05) is 60.7 Å². The first kappa shape index (κ1) is 24.6. The van der Waals surface area contributed by atoms with Crippen LogP contribution in [0.2, 0.25) is 0 Å². The Morgan fingerprint density at radius 3 is 2.23 bits per heavy atom. The lowest BCUT2D eigenvalue weighted by Crippen LogP contribution is -2.48. The lowest BCUT2D eigenvalue weighted by atomic mass is 9.74. The molecule has 2 aromatic carbocycles. The van der Waals surface area contributed by atoms with Crippen LogP contribution >= 0.6 is 24.0 Å². The zero-order valence-electron chi connectivity index (χ0n) is 17.9. The zero-order valence-corrected chi connectivity index (χ0v) is 20.3. The molecule has 0 aliphatic carbocycles. The minimum absolute atomic E-state index is 0. The van der Waals surface area contributed by atoms with Crippen LogP contribution in [-0.2, 0) is 15.8 Å². The number of benzene rings is 2. The maximum absolute atomic E-state index is 10.9. The van der Waals surface area contributed by atoms with E-state index in [-0.39, 0.29) is 35.9 Å². The van der Waals surface area contributed by atoms with Gasteiger partial charge in [-0.05, 0) is 37.8 Å². The van der Waals surface area contributed by atoms with Crippen molar-refractivity contribution in [3.8, 4) is 0 Å². The second-order valence-corrected chi connectivity index (χ2v) is 7.95. The number of rotatable bonds is 7. The van der Waals surface area contributed by atoms with E-state index >= 15 is 0 Å². The van der Waals surface area contributed by atoms with Gasteiger partial charge in [0.2, 0.25) is 0 Å². The third-order valence-corrected chi connectivity index (χ3v) is 5.72. The molecule has 0 spiro atoms. The normalized spacial score (nSPS) is 18.0. The summed E-state index contributed by atoms with van der Waals surface area (Å²) in [4.78, 5) is 4.68. The molecule has 1 unspecified atom stereocenters. The highest BCUT2D eigenvalue weighted by Gasteiger charge is 2.34. The molecule has 0 bridgehead atoms. The molecular weight excluding hydrogens is 489 g/mol. The van der Waals surface area contributed by atoms with E-state index in [1.54, 1.807) is 6.92 Å². The molecule has 0 amide bonds. The van der Waals surface area contributed by atoms with Crippen molar-refractivity contribution in [3.63, 3.8) is 0 Å². The lowest BCUT2D eigenvalue weighted by Gasteiger charge is -2.38. The van der Waals surface area contributed by atoms with Gasteiger partial charge >= 0.3 is 0 Å². The second kappa shape index (κ2) is 11.7. The van der Waals surface area contributed by atoms with E-state index in [2.05, 4.69) is 46.0 Å². The van der Waals surface area contributed by atoms with Crippen molar-refractivity contribution >= 4 is 29.9 Å². The predicted molar refractivity (Wildman–Crippen MR) is 134 cm³/mol. The fourth-order valence-corrected chi connectivity index (χ4v) is 3.84. The molecule has 1 fully saturated rings. The summed E-state index contributed by atoms with van der Waals surface area (Å²) in [7, 11) is 0. The Kier molecular flexibility index (Phi) is 9.58. The van der Waals surface area contributed by atoms with Crippen LogP contribution in [0, 0.1) is 0 Å². The Morgan fingerprint density at radius 1 is 1.03 bits per heavy atom. The quantitative estimate of drug-likeness (QED) is 0.294. The number of hydrogen-bond acceptors (Lipinski definition) is 3. The molecule has 3 rings (SSSR count). The summed E-state index contributed by atoms with van der Waals surface area (Å²) in [6.45, 7) is 7.22. The van der Waals surface area contributed by atoms with Crippen LogP contribution in [0.3, 0.4) is 0 Å². The highest BCUT2D eigenvalue weighted by molar-refractivity contribution is 14.0. The van der Waals surface area contributed by atoms with Gasteiger partial charge in [0, 0.05) is 31.7 Å². The smallest absolute Gasteiger partial charge is 0.191 e. The summed E-state index contributed by atoms with van der Waals surface area (Å²) in [5.41, 5.74) is 1.21. The van der Waals surface area contributed by atoms with Gasteiger partial charge in [-0.2, -0.15) is 0 Å². The summed E-state index contributed by atoms with van der Waals surface area (Å²) in [5.74, 6) is 0.727. The molecule has 0 aromatic heterocycles. The molecule has 0 radical (unpaired) electrons. The van der Waals surface area contributed by atoms with Gasteiger partial charge in [0.1, 0.15) is 5.60 Å². The van der Waals surface area contributed by atoms with Crippen LogP contribution < -0.4 is 10.6 Å². The van der Waals surface area contributed by atoms with E-state index in [1.807, 2.05) is 37.3 Å². The maximum Gasteiger partial charge on any atom is 0.191 e. The predicted octanol–water partition coefficient (Wildman–Crippen LogP) is 3.82. The van der Waals surface area contributed by atoms with E-state index in [1.165, 1.54) is 5.56 Å². The summed E-state index contributed by atoms with van der Waals surface area (Å²) < 4.78 is 5.64. The van der Waals surface area contributed by atoms with Crippen LogP contribution in [0.4, 0.5) is 0 Å². The number of ether oxygens (including phenoxy) is 1. The van der Waals surface area contributed by atoms with Gasteiger partial charge in [-0.15, -0.1) is 24.0 Å². The van der Waals surface area contributed by atoms with Crippen LogP contribution in [0.15, 0.2) is 65.7 Å². The van der Waals surface area contributed by atoms with Crippen molar-refractivity contribution < 1.29 is 9.84 Å². The molecule has 1 aliphatic heterocycles. The molecule has 5 nitrogen and oxygen atoms in total. The average Bonchev–Trinajstić information content (AvgIpc) is 2.77. The Bertz CT molecular complexity index is 776. The number of hydrogen-bond donors (Lipinski definition) is 3. The first-order valence-electron chi connectivity index (χ1n) is 10.5. The SMILES string of the molecule is CCNC(=NCC(C)(O)c1ccccc1)NCC1(c2ccccc2)CCOCC1.I. The number of aliphatic hydroxyl groups is 1. The minimum atomic E-state index is -1.01. The fraction of sp³-hybridized carbons (Fsp3) is 0.458. The molecule has 1 saturated heterocycles. The molecule has 0 saturated carbocycles. The summed E-state index contributed by atoms with van der Waals surface area (Å²) >= 11 is 0. The summed E-state index contributed by atoms with van der Waals surface area (Å²) in [6, 6.07) is 20.4. The molecule has 6 heteroatoms. The molecule has 164 valence electrons. The van der Waals surface area contributed by atoms with Crippen LogP contribution in [0.5, 0.6) is 0 Å². The number of aliphatic imine (C=N–C) groups is 1. The summed E-state index contributed by atoms with van der Waals surface area (Å²) in [6.07, 6.45) is 1.95. The second-order valence-electron chi connectivity index (χ2n) is 7.95. The van der Waals surface area contributed by atoms with Gasteiger partial charge < -0.3 is 20.5 Å². The molecule has 1 aliphatic rings. The van der Waals surface area contributed by atoms with Gasteiger partial charge in [0.15, 0.2) is 5.96 Å². The monoisotopic (exact) mass is 523 g/mol. The van der Waals surface area contributed by atoms with Crippen molar-refractivity contribution in [2.75, 3.05) is 32.8 Å². The number of guanidine groups is 1. The van der Waals surface area contributed by atoms with E-state index in [0.29, 0.717) is 0 Å². The van der Waals surface area contributed by atoms with Crippen molar-refractivity contribution in [1.82, 2.24) is 10.6 Å². The third kappa shape index (κ3) is 6.43. The van der Waals surface area contributed by atoms with Crippen LogP contribution in [0.25, 0.3) is 0 Å². The molecule has 2 aromatic rings. The Balaban J connectivity index is 0.00000320. The highest BCUT2D eigenvalue weighted by atomic mass is 127. The van der Waals surface area contributed by atoms with Crippen LogP contribution in [0.1, 0.15) is 37.8 Å². The van der Waals surface area contributed by atoms with Crippen molar-refractivity contribution in [2.45, 2.75) is 37.7 Å². The maximum atomic E-state index is 10.9. The van der Waals surface area contributed by atoms with Crippen molar-refractivity contribution in [3.05, 3.63) is 71.8 Å². The van der Waals surface area contributed by atoms with Crippen molar-refractivity contribution in [2.24, 2.45) is 4.99 Å². The molecule has 30 heavy (non-hydrogen) atoms. The zero-order chi connectivity index (χ0) is 20.6. The number of nitrogens with one attached hydrogen (secondary N) is 2. The first-order valence-corrected chi connectivity index (χ1v) is 10.5. The van der Waals surface area contributed by atoms with Crippen LogP contribution in [-0.4, -0.2) is 43.9 Å². The topological polar surface area (TPSA) is 65.9 Å². The number of nitrogens with zero attached hydrogens (tertiary/aromatic N) is 1. The summed E-state index contributed by atoms with van der Waals surface area (Å²) in [5, 5.41) is 17.7. The molecule has 3 N–H and O–H groups in total. The first-order chi connectivity index (χ1) is 14.1. The van der Waals surface area contributed by atoms with E-state index < -0.39 is 5.60 Å². The molecular formula is C24H34IN3O2. The molecule has 1 atom stereocenters.